The van der Waals surface area contributed by atoms with Gasteiger partial charge in [-0.05, 0) is 45.8 Å². The van der Waals surface area contributed by atoms with E-state index in [0.29, 0.717) is 21.3 Å². The van der Waals surface area contributed by atoms with Gasteiger partial charge < -0.3 is 9.47 Å². The average molecular weight is 427 g/mol. The zero-order valence-electron chi connectivity index (χ0n) is 14.7. The summed E-state index contributed by atoms with van der Waals surface area (Å²) in [6, 6.07) is 15.0. The highest BCUT2D eigenvalue weighted by Crippen LogP contribution is 2.29. The molecule has 0 bridgehead atoms. The molecule has 2 heterocycles. The fourth-order valence-electron chi connectivity index (χ4n) is 3.21. The summed E-state index contributed by atoms with van der Waals surface area (Å²) in [5.41, 5.74) is 2.35. The van der Waals surface area contributed by atoms with Crippen LogP contribution in [0, 0.1) is 0 Å². The summed E-state index contributed by atoms with van der Waals surface area (Å²) < 4.78 is 11.8. The second-order valence-electron chi connectivity index (χ2n) is 6.38. The zero-order valence-corrected chi connectivity index (χ0v) is 16.3. The first-order chi connectivity index (χ1) is 13.2. The van der Waals surface area contributed by atoms with E-state index >= 15 is 0 Å². The van der Waals surface area contributed by atoms with Gasteiger partial charge in [0.15, 0.2) is 5.75 Å². The third-order valence-electron chi connectivity index (χ3n) is 4.62. The molecule has 0 radical (unpaired) electrons. The third-order valence-corrected chi connectivity index (χ3v) is 5.31. The molecule has 5 nitrogen and oxygen atoms in total. The van der Waals surface area contributed by atoms with Crippen molar-refractivity contribution in [1.82, 2.24) is 9.88 Å². The van der Waals surface area contributed by atoms with Crippen molar-refractivity contribution in [2.75, 3.05) is 26.3 Å². The molecule has 1 aliphatic rings. The number of carbonyl (C=O) groups excluding carboxylic acids is 1. The number of ether oxygens (including phenoxy) is 2. The van der Waals surface area contributed by atoms with E-state index < -0.39 is 5.97 Å². The molecule has 27 heavy (non-hydrogen) atoms. The Labute approximate surface area is 166 Å². The Hall–Kier alpha value is -2.28. The van der Waals surface area contributed by atoms with E-state index in [1.54, 1.807) is 12.3 Å². The molecule has 0 N–H and O–H groups in total. The van der Waals surface area contributed by atoms with Gasteiger partial charge in [0.05, 0.1) is 18.8 Å². The van der Waals surface area contributed by atoms with Crippen molar-refractivity contribution in [2.45, 2.75) is 6.54 Å². The summed E-state index contributed by atoms with van der Waals surface area (Å²) >= 11 is 3.39. The minimum atomic E-state index is -0.407. The summed E-state index contributed by atoms with van der Waals surface area (Å²) in [5.74, 6) is 0.0624. The number of pyridine rings is 1. The number of benzene rings is 2. The summed E-state index contributed by atoms with van der Waals surface area (Å²) in [5, 5.41) is 1.00. The van der Waals surface area contributed by atoms with Crippen molar-refractivity contribution in [3.05, 3.63) is 70.3 Å². The molecule has 3 aromatic rings. The largest absolute Gasteiger partial charge is 0.421 e. The van der Waals surface area contributed by atoms with Gasteiger partial charge in [-0.2, -0.15) is 0 Å². The van der Waals surface area contributed by atoms with Crippen molar-refractivity contribution < 1.29 is 14.3 Å². The van der Waals surface area contributed by atoms with Crippen LogP contribution >= 0.6 is 15.9 Å². The minimum absolute atomic E-state index is 0.407. The fraction of sp³-hybridized carbons (Fsp3) is 0.238. The number of fused-ring (bicyclic) bond motifs is 1. The first kappa shape index (κ1) is 18.1. The van der Waals surface area contributed by atoms with Gasteiger partial charge in [0.25, 0.3) is 0 Å². The lowest BCUT2D eigenvalue weighted by Gasteiger charge is -2.27. The van der Waals surface area contributed by atoms with Gasteiger partial charge in [0, 0.05) is 35.7 Å². The van der Waals surface area contributed by atoms with Crippen LogP contribution in [0.25, 0.3) is 10.9 Å². The van der Waals surface area contributed by atoms with Crippen molar-refractivity contribution in [3.8, 4) is 5.75 Å². The number of hydrogen-bond acceptors (Lipinski definition) is 5. The Morgan fingerprint density at radius 3 is 2.74 bits per heavy atom. The Kier molecular flexibility index (Phi) is 5.48. The van der Waals surface area contributed by atoms with E-state index in [-0.39, 0.29) is 0 Å². The monoisotopic (exact) mass is 426 g/mol. The zero-order chi connectivity index (χ0) is 18.6. The highest BCUT2D eigenvalue weighted by atomic mass is 79.9. The van der Waals surface area contributed by atoms with Gasteiger partial charge in [0.1, 0.15) is 5.52 Å². The molecular formula is C21H19BrN2O3. The number of hydrogen-bond donors (Lipinski definition) is 0. The maximum absolute atomic E-state index is 12.6. The van der Waals surface area contributed by atoms with Crippen LogP contribution in [-0.4, -0.2) is 42.2 Å². The molecule has 4 rings (SSSR count). The highest BCUT2D eigenvalue weighted by Gasteiger charge is 2.17. The van der Waals surface area contributed by atoms with Crippen molar-refractivity contribution in [3.63, 3.8) is 0 Å². The second kappa shape index (κ2) is 8.17. The van der Waals surface area contributed by atoms with Crippen LogP contribution in [0.4, 0.5) is 0 Å². The Morgan fingerprint density at radius 1 is 1.11 bits per heavy atom. The van der Waals surface area contributed by atoms with Gasteiger partial charge in [-0.1, -0.05) is 24.3 Å². The highest BCUT2D eigenvalue weighted by molar-refractivity contribution is 9.10. The lowest BCUT2D eigenvalue weighted by atomic mass is 10.1. The molecule has 0 saturated carbocycles. The first-order valence-electron chi connectivity index (χ1n) is 8.86. The van der Waals surface area contributed by atoms with E-state index in [1.165, 1.54) is 5.56 Å². The minimum Gasteiger partial charge on any atom is -0.421 e. The SMILES string of the molecule is O=C(Oc1ccc(CN2CCOCC2)c2cccnc12)c1ccccc1Br. The predicted molar refractivity (Wildman–Crippen MR) is 107 cm³/mol. The molecule has 0 unspecified atom stereocenters. The molecule has 1 aliphatic heterocycles. The molecule has 0 aliphatic carbocycles. The fourth-order valence-corrected chi connectivity index (χ4v) is 3.65. The molecule has 0 spiro atoms. The summed E-state index contributed by atoms with van der Waals surface area (Å²) in [4.78, 5) is 19.4. The van der Waals surface area contributed by atoms with Crippen molar-refractivity contribution in [1.29, 1.82) is 0 Å². The van der Waals surface area contributed by atoms with E-state index in [1.807, 2.05) is 42.5 Å². The molecule has 138 valence electrons. The lowest BCUT2D eigenvalue weighted by Crippen LogP contribution is -2.35. The van der Waals surface area contributed by atoms with Crippen LogP contribution < -0.4 is 4.74 Å². The van der Waals surface area contributed by atoms with E-state index in [4.69, 9.17) is 9.47 Å². The summed E-state index contributed by atoms with van der Waals surface area (Å²) in [6.45, 7) is 4.18. The van der Waals surface area contributed by atoms with Gasteiger partial charge >= 0.3 is 5.97 Å². The van der Waals surface area contributed by atoms with Crippen LogP contribution in [-0.2, 0) is 11.3 Å². The Morgan fingerprint density at radius 2 is 1.93 bits per heavy atom. The number of morpholine rings is 1. The third kappa shape index (κ3) is 4.03. The van der Waals surface area contributed by atoms with Crippen LogP contribution in [0.1, 0.15) is 15.9 Å². The standard InChI is InChI=1S/C21H19BrN2O3/c22-18-6-2-1-4-17(18)21(25)27-19-8-7-15(14-24-10-12-26-13-11-24)16-5-3-9-23-20(16)19/h1-9H,10-14H2. The molecule has 0 atom stereocenters. The van der Waals surface area contributed by atoms with Crippen molar-refractivity contribution >= 4 is 32.8 Å². The topological polar surface area (TPSA) is 51.7 Å². The van der Waals surface area contributed by atoms with E-state index in [2.05, 4.69) is 25.8 Å². The predicted octanol–water partition coefficient (Wildman–Crippen LogP) is 4.05. The van der Waals surface area contributed by atoms with Crippen molar-refractivity contribution in [2.24, 2.45) is 0 Å². The maximum atomic E-state index is 12.6. The summed E-state index contributed by atoms with van der Waals surface area (Å²) in [7, 11) is 0. The molecular weight excluding hydrogens is 408 g/mol. The number of carbonyl (C=O) groups is 1. The maximum Gasteiger partial charge on any atom is 0.344 e. The number of halogens is 1. The molecule has 6 heteroatoms. The Bertz CT molecular complexity index is 971. The number of nitrogens with zero attached hydrogens (tertiary/aromatic N) is 2. The van der Waals surface area contributed by atoms with Gasteiger partial charge in [-0.25, -0.2) is 4.79 Å². The molecule has 1 fully saturated rings. The smallest absolute Gasteiger partial charge is 0.344 e. The molecule has 1 saturated heterocycles. The molecule has 0 amide bonds. The molecule has 1 aromatic heterocycles. The van der Waals surface area contributed by atoms with Crippen LogP contribution in [0.15, 0.2) is 59.2 Å². The van der Waals surface area contributed by atoms with Gasteiger partial charge in [-0.15, -0.1) is 0 Å². The van der Waals surface area contributed by atoms with Crippen LogP contribution in [0.5, 0.6) is 5.75 Å². The normalized spacial score (nSPS) is 15.0. The molecule has 2 aromatic carbocycles. The van der Waals surface area contributed by atoms with E-state index in [0.717, 1.165) is 38.2 Å². The lowest BCUT2D eigenvalue weighted by molar-refractivity contribution is 0.0343. The van der Waals surface area contributed by atoms with Gasteiger partial charge in [-0.3, -0.25) is 9.88 Å². The average Bonchev–Trinajstić information content (AvgIpc) is 2.71. The van der Waals surface area contributed by atoms with Crippen LogP contribution in [0.3, 0.4) is 0 Å². The first-order valence-corrected chi connectivity index (χ1v) is 9.65. The Balaban J connectivity index is 1.63. The number of aromatic nitrogens is 1. The summed E-state index contributed by atoms with van der Waals surface area (Å²) in [6.07, 6.45) is 1.72. The number of rotatable bonds is 4. The van der Waals surface area contributed by atoms with E-state index in [9.17, 15) is 4.79 Å². The van der Waals surface area contributed by atoms with Gasteiger partial charge in [0.2, 0.25) is 0 Å². The second-order valence-corrected chi connectivity index (χ2v) is 7.23. The number of esters is 1. The van der Waals surface area contributed by atoms with Crippen LogP contribution in [0.2, 0.25) is 0 Å². The quantitative estimate of drug-likeness (QED) is 0.465.